The van der Waals surface area contributed by atoms with Crippen LogP contribution in [0.3, 0.4) is 0 Å². The van der Waals surface area contributed by atoms with Crippen LogP contribution in [0.4, 0.5) is 5.69 Å². The lowest BCUT2D eigenvalue weighted by molar-refractivity contribution is -0.146. The smallest absolute Gasteiger partial charge is 0.337 e. The highest BCUT2D eigenvalue weighted by Crippen LogP contribution is 2.15. The Bertz CT molecular complexity index is 297. The summed E-state index contributed by atoms with van der Waals surface area (Å²) in [5.41, 5.74) is 3.37. The van der Waals surface area contributed by atoms with Gasteiger partial charge < -0.3 is 15.6 Å². The van der Waals surface area contributed by atoms with Crippen molar-refractivity contribution in [3.05, 3.63) is 29.8 Å². The largest absolute Gasteiger partial charge is 0.479 e. The molecule has 0 aliphatic carbocycles. The van der Waals surface area contributed by atoms with Crippen LogP contribution in [0, 0.1) is 0 Å². The molecule has 0 radical (unpaired) electrons. The topological polar surface area (TPSA) is 95.6 Å². The average molecular weight is 182 g/mol. The summed E-state index contributed by atoms with van der Waals surface area (Å²) >= 11 is 0. The fourth-order valence-electron chi connectivity index (χ4n) is 0.904. The Morgan fingerprint density at radius 3 is 2.31 bits per heavy atom. The number of carboxylic acid groups (broad SMARTS) is 1. The molecule has 0 heterocycles. The number of aliphatic carboxylic acids is 1. The van der Waals surface area contributed by atoms with Crippen LogP contribution in [0.2, 0.25) is 0 Å². The summed E-state index contributed by atoms with van der Waals surface area (Å²) in [4.78, 5) is 10.4. The number of nitrogen functional groups attached to an aromatic ring is 1. The number of hydrazine groups is 1. The molecule has 13 heavy (non-hydrogen) atoms. The van der Waals surface area contributed by atoms with Crippen molar-refractivity contribution >= 4 is 11.7 Å². The highest BCUT2D eigenvalue weighted by atomic mass is 16.4. The number of nitrogens with one attached hydrogen (secondary N) is 1. The van der Waals surface area contributed by atoms with Crippen molar-refractivity contribution in [3.63, 3.8) is 0 Å². The minimum Gasteiger partial charge on any atom is -0.479 e. The first kappa shape index (κ1) is 9.50. The van der Waals surface area contributed by atoms with E-state index >= 15 is 0 Å². The predicted octanol–water partition coefficient (Wildman–Crippen LogP) is 0.0902. The minimum atomic E-state index is -1.48. The highest BCUT2D eigenvalue weighted by Gasteiger charge is 2.14. The molecule has 0 aliphatic rings. The molecule has 0 saturated heterocycles. The van der Waals surface area contributed by atoms with Crippen LogP contribution in [-0.4, -0.2) is 16.2 Å². The van der Waals surface area contributed by atoms with Crippen molar-refractivity contribution in [2.24, 2.45) is 5.84 Å². The third-order valence-corrected chi connectivity index (χ3v) is 1.63. The Hall–Kier alpha value is -1.59. The van der Waals surface area contributed by atoms with E-state index in [1.165, 1.54) is 12.1 Å². The second-order valence-corrected chi connectivity index (χ2v) is 2.51. The van der Waals surface area contributed by atoms with Gasteiger partial charge in [0.1, 0.15) is 0 Å². The maximum absolute atomic E-state index is 10.4. The summed E-state index contributed by atoms with van der Waals surface area (Å²) < 4.78 is 0. The van der Waals surface area contributed by atoms with Crippen molar-refractivity contribution in [2.75, 3.05) is 5.43 Å². The second kappa shape index (κ2) is 3.88. The zero-order valence-electron chi connectivity index (χ0n) is 6.77. The van der Waals surface area contributed by atoms with Gasteiger partial charge in [-0.15, -0.1) is 0 Å². The fraction of sp³-hybridized carbons (Fsp3) is 0.125. The van der Waals surface area contributed by atoms with Gasteiger partial charge in [-0.2, -0.15) is 0 Å². The molecule has 1 aromatic carbocycles. The van der Waals surface area contributed by atoms with E-state index in [-0.39, 0.29) is 0 Å². The monoisotopic (exact) mass is 182 g/mol. The lowest BCUT2D eigenvalue weighted by Crippen LogP contribution is -2.11. The van der Waals surface area contributed by atoms with Gasteiger partial charge in [-0.05, 0) is 17.7 Å². The lowest BCUT2D eigenvalue weighted by atomic mass is 10.1. The van der Waals surface area contributed by atoms with E-state index in [1.54, 1.807) is 12.1 Å². The molecule has 1 rings (SSSR count). The maximum atomic E-state index is 10.4. The Morgan fingerprint density at radius 1 is 1.38 bits per heavy atom. The Labute approximate surface area is 74.8 Å². The van der Waals surface area contributed by atoms with Gasteiger partial charge in [0.2, 0.25) is 0 Å². The van der Waals surface area contributed by atoms with Crippen LogP contribution in [0.15, 0.2) is 24.3 Å². The zero-order chi connectivity index (χ0) is 9.84. The van der Waals surface area contributed by atoms with Gasteiger partial charge in [0.25, 0.3) is 0 Å². The molecule has 0 fully saturated rings. The summed E-state index contributed by atoms with van der Waals surface area (Å²) in [5, 5.41) is 17.6. The van der Waals surface area contributed by atoms with Crippen molar-refractivity contribution in [3.8, 4) is 0 Å². The summed E-state index contributed by atoms with van der Waals surface area (Å²) in [6, 6.07) is 6.16. The van der Waals surface area contributed by atoms with Gasteiger partial charge in [0.15, 0.2) is 6.10 Å². The molecule has 5 N–H and O–H groups in total. The van der Waals surface area contributed by atoms with E-state index in [9.17, 15) is 4.79 Å². The molecule has 0 bridgehead atoms. The molecule has 70 valence electrons. The molecule has 5 nitrogen and oxygen atoms in total. The number of hydrogen-bond acceptors (Lipinski definition) is 4. The quantitative estimate of drug-likeness (QED) is 0.392. The first-order chi connectivity index (χ1) is 6.15. The number of benzene rings is 1. The molecule has 1 atom stereocenters. The SMILES string of the molecule is NNc1ccc(C(O)C(=O)O)cc1. The average Bonchev–Trinajstić information content (AvgIpc) is 2.17. The number of anilines is 1. The van der Waals surface area contributed by atoms with Crippen molar-refractivity contribution in [2.45, 2.75) is 6.10 Å². The lowest BCUT2D eigenvalue weighted by Gasteiger charge is -2.06. The van der Waals surface area contributed by atoms with E-state index in [2.05, 4.69) is 5.43 Å². The Kier molecular flexibility index (Phi) is 2.84. The number of carbonyl (C=O) groups is 1. The normalized spacial score (nSPS) is 12.2. The van der Waals surface area contributed by atoms with Crippen LogP contribution < -0.4 is 11.3 Å². The van der Waals surface area contributed by atoms with Crippen LogP contribution in [0.5, 0.6) is 0 Å². The Morgan fingerprint density at radius 2 is 1.92 bits per heavy atom. The van der Waals surface area contributed by atoms with Gasteiger partial charge in [-0.3, -0.25) is 5.84 Å². The van der Waals surface area contributed by atoms with Crippen LogP contribution in [0.1, 0.15) is 11.7 Å². The molecule has 5 heteroatoms. The molecule has 0 amide bonds. The molecular formula is C8H10N2O3. The van der Waals surface area contributed by atoms with E-state index in [1.807, 2.05) is 0 Å². The first-order valence-electron chi connectivity index (χ1n) is 3.62. The molecule has 1 unspecified atom stereocenters. The van der Waals surface area contributed by atoms with E-state index < -0.39 is 12.1 Å². The van der Waals surface area contributed by atoms with Crippen LogP contribution >= 0.6 is 0 Å². The number of hydrogen-bond donors (Lipinski definition) is 4. The van der Waals surface area contributed by atoms with Crippen molar-refractivity contribution in [1.29, 1.82) is 0 Å². The molecule has 1 aromatic rings. The third-order valence-electron chi connectivity index (χ3n) is 1.63. The number of aliphatic hydroxyl groups excluding tert-OH is 1. The van der Waals surface area contributed by atoms with E-state index in [4.69, 9.17) is 16.1 Å². The molecule has 0 aromatic heterocycles. The van der Waals surface area contributed by atoms with Crippen molar-refractivity contribution < 1.29 is 15.0 Å². The molecule has 0 spiro atoms. The minimum absolute atomic E-state index is 0.325. The number of carboxylic acids is 1. The summed E-state index contributed by atoms with van der Waals surface area (Å²) in [5.74, 6) is 3.84. The van der Waals surface area contributed by atoms with Gasteiger partial charge in [0, 0.05) is 5.69 Å². The van der Waals surface area contributed by atoms with Crippen LogP contribution in [0.25, 0.3) is 0 Å². The number of rotatable bonds is 3. The molecular weight excluding hydrogens is 172 g/mol. The Balaban J connectivity index is 2.85. The first-order valence-corrected chi connectivity index (χ1v) is 3.62. The summed E-state index contributed by atoms with van der Waals surface area (Å²) in [7, 11) is 0. The third kappa shape index (κ3) is 2.17. The maximum Gasteiger partial charge on any atom is 0.337 e. The number of aliphatic hydroxyl groups is 1. The van der Waals surface area contributed by atoms with Gasteiger partial charge in [0.05, 0.1) is 0 Å². The molecule has 0 aliphatic heterocycles. The van der Waals surface area contributed by atoms with Gasteiger partial charge in [-0.25, -0.2) is 4.79 Å². The van der Waals surface area contributed by atoms with Gasteiger partial charge in [-0.1, -0.05) is 12.1 Å². The predicted molar refractivity (Wildman–Crippen MR) is 46.8 cm³/mol. The number of nitrogens with two attached hydrogens (primary N) is 1. The standard InChI is InChI=1S/C8H10N2O3/c9-10-6-3-1-5(2-4-6)7(11)8(12)13/h1-4,7,10-11H,9H2,(H,12,13). The summed E-state index contributed by atoms with van der Waals surface area (Å²) in [6.07, 6.45) is -1.48. The highest BCUT2D eigenvalue weighted by molar-refractivity contribution is 5.74. The fourth-order valence-corrected chi connectivity index (χ4v) is 0.904. The van der Waals surface area contributed by atoms with Crippen LogP contribution in [-0.2, 0) is 4.79 Å². The van der Waals surface area contributed by atoms with Crippen molar-refractivity contribution in [1.82, 2.24) is 0 Å². The van der Waals surface area contributed by atoms with E-state index in [0.29, 0.717) is 11.3 Å². The summed E-state index contributed by atoms with van der Waals surface area (Å²) in [6.45, 7) is 0. The molecule has 0 saturated carbocycles. The zero-order valence-corrected chi connectivity index (χ0v) is 6.77. The van der Waals surface area contributed by atoms with E-state index in [0.717, 1.165) is 0 Å². The van der Waals surface area contributed by atoms with Gasteiger partial charge >= 0.3 is 5.97 Å². The second-order valence-electron chi connectivity index (χ2n) is 2.51.